The minimum Gasteiger partial charge on any atom is -0.450 e. The fraction of sp³-hybridized carbons (Fsp3) is 0. The SMILES string of the molecule is O=C1NC(=S)NC(=O)C1=Cc1ccc(Br)o1. The molecule has 1 aliphatic heterocycles. The topological polar surface area (TPSA) is 71.3 Å². The van der Waals surface area contributed by atoms with Gasteiger partial charge in [-0.2, -0.15) is 0 Å². The molecule has 0 aliphatic carbocycles. The Morgan fingerprint density at radius 3 is 2.38 bits per heavy atom. The smallest absolute Gasteiger partial charge is 0.263 e. The number of carbonyl (C=O) groups excluding carboxylic acids is 2. The van der Waals surface area contributed by atoms with Gasteiger partial charge in [-0.25, -0.2) is 0 Å². The Balaban J connectivity index is 2.32. The minimum atomic E-state index is -0.540. The first-order valence-electron chi connectivity index (χ1n) is 4.20. The molecule has 2 N–H and O–H groups in total. The highest BCUT2D eigenvalue weighted by molar-refractivity contribution is 9.10. The summed E-state index contributed by atoms with van der Waals surface area (Å²) in [4.78, 5) is 22.9. The molecule has 1 fully saturated rings. The van der Waals surface area contributed by atoms with E-state index in [0.29, 0.717) is 10.4 Å². The molecule has 0 radical (unpaired) electrons. The van der Waals surface area contributed by atoms with Crippen molar-refractivity contribution in [3.8, 4) is 0 Å². The number of hydrogen-bond donors (Lipinski definition) is 2. The molecule has 1 aliphatic rings. The second kappa shape index (κ2) is 4.18. The first-order valence-corrected chi connectivity index (χ1v) is 5.40. The maximum absolute atomic E-state index is 11.4. The Bertz CT molecular complexity index is 499. The van der Waals surface area contributed by atoms with E-state index in [1.54, 1.807) is 12.1 Å². The van der Waals surface area contributed by atoms with Crippen LogP contribution in [0.1, 0.15) is 5.76 Å². The first kappa shape index (κ1) is 11.0. The van der Waals surface area contributed by atoms with E-state index in [9.17, 15) is 9.59 Å². The fourth-order valence-electron chi connectivity index (χ4n) is 1.15. The summed E-state index contributed by atoms with van der Waals surface area (Å²) in [6, 6.07) is 3.29. The third-order valence-electron chi connectivity index (χ3n) is 1.82. The molecule has 2 amide bonds. The zero-order valence-electron chi connectivity index (χ0n) is 7.74. The number of amides is 2. The molecule has 5 nitrogen and oxygen atoms in total. The lowest BCUT2D eigenvalue weighted by molar-refractivity contribution is -0.123. The van der Waals surface area contributed by atoms with Crippen LogP contribution in [0.25, 0.3) is 6.08 Å². The number of halogens is 1. The quantitative estimate of drug-likeness (QED) is 0.460. The van der Waals surface area contributed by atoms with Gasteiger partial charge in [0, 0.05) is 0 Å². The van der Waals surface area contributed by atoms with Gasteiger partial charge in [0.2, 0.25) is 0 Å². The van der Waals surface area contributed by atoms with Gasteiger partial charge in [0.25, 0.3) is 11.8 Å². The molecule has 1 saturated heterocycles. The van der Waals surface area contributed by atoms with Crippen LogP contribution in [0, 0.1) is 0 Å². The zero-order chi connectivity index (χ0) is 11.7. The molecule has 0 unspecified atom stereocenters. The molecule has 0 aromatic carbocycles. The molecule has 16 heavy (non-hydrogen) atoms. The molecular formula is C9H5BrN2O3S. The van der Waals surface area contributed by atoms with Gasteiger partial charge in [-0.1, -0.05) is 0 Å². The molecular weight excluding hydrogens is 296 g/mol. The summed E-state index contributed by atoms with van der Waals surface area (Å²) in [6.45, 7) is 0. The number of furan rings is 1. The summed E-state index contributed by atoms with van der Waals surface area (Å²) < 4.78 is 5.68. The summed E-state index contributed by atoms with van der Waals surface area (Å²) in [5, 5.41) is 4.66. The van der Waals surface area contributed by atoms with Gasteiger partial charge in [-0.3, -0.25) is 20.2 Å². The van der Waals surface area contributed by atoms with Gasteiger partial charge in [-0.05, 0) is 46.4 Å². The highest BCUT2D eigenvalue weighted by Crippen LogP contribution is 2.17. The first-order chi connectivity index (χ1) is 7.56. The van der Waals surface area contributed by atoms with Crippen molar-refractivity contribution in [3.05, 3.63) is 28.1 Å². The van der Waals surface area contributed by atoms with Crippen LogP contribution in [0.5, 0.6) is 0 Å². The van der Waals surface area contributed by atoms with E-state index >= 15 is 0 Å². The predicted molar refractivity (Wildman–Crippen MR) is 63.3 cm³/mol. The van der Waals surface area contributed by atoms with Gasteiger partial charge in [0.1, 0.15) is 11.3 Å². The van der Waals surface area contributed by atoms with Crippen molar-refractivity contribution in [2.24, 2.45) is 0 Å². The highest BCUT2D eigenvalue weighted by Gasteiger charge is 2.25. The predicted octanol–water partition coefficient (Wildman–Crippen LogP) is 0.956. The van der Waals surface area contributed by atoms with Gasteiger partial charge in [-0.15, -0.1) is 0 Å². The van der Waals surface area contributed by atoms with Crippen molar-refractivity contribution in [1.82, 2.24) is 10.6 Å². The second-order valence-corrected chi connectivity index (χ2v) is 4.13. The summed E-state index contributed by atoms with van der Waals surface area (Å²) >= 11 is 7.78. The van der Waals surface area contributed by atoms with Crippen LogP contribution in [0.3, 0.4) is 0 Å². The summed E-state index contributed by atoms with van der Waals surface area (Å²) in [5.41, 5.74) is -0.0459. The lowest BCUT2D eigenvalue weighted by Crippen LogP contribution is -2.51. The van der Waals surface area contributed by atoms with E-state index in [0.717, 1.165) is 0 Å². The van der Waals surface area contributed by atoms with Crippen LogP contribution >= 0.6 is 28.1 Å². The number of thiocarbonyl (C=S) groups is 1. The molecule has 0 saturated carbocycles. The zero-order valence-corrected chi connectivity index (χ0v) is 10.1. The maximum atomic E-state index is 11.4. The normalized spacial score (nSPS) is 15.8. The van der Waals surface area contributed by atoms with E-state index in [1.807, 2.05) is 0 Å². The molecule has 0 spiro atoms. The molecule has 7 heteroatoms. The molecule has 0 bridgehead atoms. The Hall–Kier alpha value is -1.47. The Morgan fingerprint density at radius 2 is 1.88 bits per heavy atom. The van der Waals surface area contributed by atoms with Gasteiger partial charge < -0.3 is 4.42 Å². The van der Waals surface area contributed by atoms with Gasteiger partial charge in [0.15, 0.2) is 9.78 Å². The Kier molecular flexibility index (Phi) is 2.88. The van der Waals surface area contributed by atoms with Gasteiger partial charge >= 0.3 is 0 Å². The highest BCUT2D eigenvalue weighted by atomic mass is 79.9. The van der Waals surface area contributed by atoms with Crippen molar-refractivity contribution < 1.29 is 14.0 Å². The largest absolute Gasteiger partial charge is 0.450 e. The number of nitrogens with one attached hydrogen (secondary N) is 2. The lowest BCUT2D eigenvalue weighted by atomic mass is 10.1. The Labute approximate surface area is 104 Å². The monoisotopic (exact) mass is 300 g/mol. The van der Waals surface area contributed by atoms with Crippen LogP contribution in [0.15, 0.2) is 26.8 Å². The van der Waals surface area contributed by atoms with Crippen LogP contribution in [-0.4, -0.2) is 16.9 Å². The van der Waals surface area contributed by atoms with Crippen molar-refractivity contribution in [1.29, 1.82) is 0 Å². The molecule has 2 heterocycles. The minimum absolute atomic E-state index is 0.00720. The Morgan fingerprint density at radius 1 is 1.25 bits per heavy atom. The van der Waals surface area contributed by atoms with Crippen LogP contribution < -0.4 is 10.6 Å². The standard InChI is InChI=1S/C9H5BrN2O3S/c10-6-2-1-4(15-6)3-5-7(13)11-9(16)12-8(5)14/h1-3H,(H2,11,12,13,14,16). The lowest BCUT2D eigenvalue weighted by Gasteiger charge is -2.15. The molecule has 0 atom stereocenters. The average molecular weight is 301 g/mol. The third-order valence-corrected chi connectivity index (χ3v) is 2.45. The second-order valence-electron chi connectivity index (χ2n) is 2.94. The van der Waals surface area contributed by atoms with E-state index in [1.165, 1.54) is 6.08 Å². The van der Waals surface area contributed by atoms with Crippen molar-refractivity contribution >= 4 is 51.2 Å². The molecule has 82 valence electrons. The third kappa shape index (κ3) is 2.20. The molecule has 2 rings (SSSR count). The van der Waals surface area contributed by atoms with E-state index in [2.05, 4.69) is 38.8 Å². The van der Waals surface area contributed by atoms with Gasteiger partial charge in [0.05, 0.1) is 0 Å². The van der Waals surface area contributed by atoms with Crippen LogP contribution in [0.2, 0.25) is 0 Å². The van der Waals surface area contributed by atoms with E-state index in [4.69, 9.17) is 4.42 Å². The summed E-state index contributed by atoms with van der Waals surface area (Å²) in [5.74, 6) is -0.678. The van der Waals surface area contributed by atoms with Crippen molar-refractivity contribution in [2.45, 2.75) is 0 Å². The maximum Gasteiger partial charge on any atom is 0.263 e. The van der Waals surface area contributed by atoms with Crippen LogP contribution in [-0.2, 0) is 9.59 Å². The number of rotatable bonds is 1. The fourth-order valence-corrected chi connectivity index (χ4v) is 1.66. The number of hydrogen-bond acceptors (Lipinski definition) is 4. The van der Waals surface area contributed by atoms with E-state index < -0.39 is 11.8 Å². The average Bonchev–Trinajstić information content (AvgIpc) is 2.58. The summed E-state index contributed by atoms with van der Waals surface area (Å²) in [7, 11) is 0. The van der Waals surface area contributed by atoms with Crippen LogP contribution in [0.4, 0.5) is 0 Å². The van der Waals surface area contributed by atoms with Crippen molar-refractivity contribution in [3.63, 3.8) is 0 Å². The molecule has 1 aromatic rings. The van der Waals surface area contributed by atoms with E-state index in [-0.39, 0.29) is 10.7 Å². The van der Waals surface area contributed by atoms with Crippen molar-refractivity contribution in [2.75, 3.05) is 0 Å². The number of carbonyl (C=O) groups is 2. The molecule has 1 aromatic heterocycles. The summed E-state index contributed by atoms with van der Waals surface area (Å²) in [6.07, 6.45) is 1.34.